The standard InChI is InChI=1S/C13H14N4O/c1-3-18-17-8(2)15-11-12(17)9-6-4-5-7-10(9)16-13(11)14/h4-7H,3H2,1-2H3,(H2,14,16). The largest absolute Gasteiger partial charge is 0.412 e. The van der Waals surface area contributed by atoms with Crippen molar-refractivity contribution in [1.82, 2.24) is 14.7 Å². The van der Waals surface area contributed by atoms with Crippen LogP contribution in [-0.2, 0) is 0 Å². The molecule has 0 fully saturated rings. The average molecular weight is 242 g/mol. The van der Waals surface area contributed by atoms with Crippen molar-refractivity contribution in [3.63, 3.8) is 0 Å². The fraction of sp³-hybridized carbons (Fsp3) is 0.231. The highest BCUT2D eigenvalue weighted by Gasteiger charge is 2.15. The van der Waals surface area contributed by atoms with Crippen LogP contribution in [0.15, 0.2) is 24.3 Å². The molecular weight excluding hydrogens is 228 g/mol. The zero-order valence-electron chi connectivity index (χ0n) is 10.3. The molecule has 0 saturated carbocycles. The van der Waals surface area contributed by atoms with Crippen LogP contribution in [0.25, 0.3) is 21.9 Å². The van der Waals surface area contributed by atoms with Gasteiger partial charge in [0.2, 0.25) is 0 Å². The molecule has 2 N–H and O–H groups in total. The fourth-order valence-electron chi connectivity index (χ4n) is 2.17. The third-order valence-corrected chi connectivity index (χ3v) is 2.90. The monoisotopic (exact) mass is 242 g/mol. The van der Waals surface area contributed by atoms with Gasteiger partial charge in [0.1, 0.15) is 23.5 Å². The highest BCUT2D eigenvalue weighted by atomic mass is 16.7. The molecule has 2 aromatic heterocycles. The van der Waals surface area contributed by atoms with Gasteiger partial charge >= 0.3 is 0 Å². The topological polar surface area (TPSA) is 66.0 Å². The molecule has 3 rings (SSSR count). The van der Waals surface area contributed by atoms with Gasteiger partial charge in [0.25, 0.3) is 0 Å². The van der Waals surface area contributed by atoms with Crippen molar-refractivity contribution in [3.05, 3.63) is 30.1 Å². The Bertz CT molecular complexity index is 733. The molecule has 18 heavy (non-hydrogen) atoms. The molecule has 1 aromatic carbocycles. The van der Waals surface area contributed by atoms with Crippen molar-refractivity contribution in [2.24, 2.45) is 0 Å². The second-order valence-electron chi connectivity index (χ2n) is 4.08. The summed E-state index contributed by atoms with van der Waals surface area (Å²) in [5.41, 5.74) is 8.39. The van der Waals surface area contributed by atoms with E-state index >= 15 is 0 Å². The molecular formula is C13H14N4O. The predicted molar refractivity (Wildman–Crippen MR) is 71.3 cm³/mol. The summed E-state index contributed by atoms with van der Waals surface area (Å²) in [6.45, 7) is 4.41. The van der Waals surface area contributed by atoms with Crippen LogP contribution >= 0.6 is 0 Å². The van der Waals surface area contributed by atoms with E-state index in [0.717, 1.165) is 22.2 Å². The Hall–Kier alpha value is -2.30. The molecule has 92 valence electrons. The lowest BCUT2D eigenvalue weighted by Gasteiger charge is -2.08. The van der Waals surface area contributed by atoms with Gasteiger partial charge in [0.15, 0.2) is 5.82 Å². The number of anilines is 1. The maximum atomic E-state index is 5.96. The van der Waals surface area contributed by atoms with E-state index in [1.54, 1.807) is 4.73 Å². The van der Waals surface area contributed by atoms with E-state index in [9.17, 15) is 0 Å². The Morgan fingerprint density at radius 2 is 2.06 bits per heavy atom. The molecule has 2 heterocycles. The smallest absolute Gasteiger partial charge is 0.152 e. The summed E-state index contributed by atoms with van der Waals surface area (Å²) >= 11 is 0. The van der Waals surface area contributed by atoms with Gasteiger partial charge in [0.05, 0.1) is 5.52 Å². The van der Waals surface area contributed by atoms with Gasteiger partial charge in [-0.15, -0.1) is 0 Å². The SMILES string of the molecule is CCOn1c(C)nc2c(N)nc3ccccc3c21. The zero-order chi connectivity index (χ0) is 12.7. The number of rotatable bonds is 2. The quantitative estimate of drug-likeness (QED) is 0.745. The van der Waals surface area contributed by atoms with Crippen LogP contribution in [0.3, 0.4) is 0 Å². The van der Waals surface area contributed by atoms with Crippen LogP contribution < -0.4 is 10.6 Å². The van der Waals surface area contributed by atoms with Gasteiger partial charge in [-0.3, -0.25) is 0 Å². The number of nitrogens with zero attached hydrogens (tertiary/aromatic N) is 3. The van der Waals surface area contributed by atoms with Crippen molar-refractivity contribution in [3.8, 4) is 0 Å². The fourth-order valence-corrected chi connectivity index (χ4v) is 2.17. The van der Waals surface area contributed by atoms with Crippen LogP contribution in [0.1, 0.15) is 12.7 Å². The molecule has 0 spiro atoms. The van der Waals surface area contributed by atoms with Crippen molar-refractivity contribution in [1.29, 1.82) is 0 Å². The average Bonchev–Trinajstić information content (AvgIpc) is 2.69. The van der Waals surface area contributed by atoms with Gasteiger partial charge in [0, 0.05) is 5.39 Å². The first-order chi connectivity index (χ1) is 8.72. The number of aryl methyl sites for hydroxylation is 1. The molecule has 0 atom stereocenters. The number of benzene rings is 1. The number of hydrogen-bond donors (Lipinski definition) is 1. The number of imidazole rings is 1. The predicted octanol–water partition coefficient (Wildman–Crippen LogP) is 1.92. The number of nitrogen functional groups attached to an aromatic ring is 1. The molecule has 0 aliphatic heterocycles. The molecule has 0 aliphatic carbocycles. The van der Waals surface area contributed by atoms with Gasteiger partial charge < -0.3 is 10.6 Å². The van der Waals surface area contributed by atoms with Crippen LogP contribution in [0.4, 0.5) is 5.82 Å². The van der Waals surface area contributed by atoms with Crippen molar-refractivity contribution in [2.45, 2.75) is 13.8 Å². The van der Waals surface area contributed by atoms with Crippen molar-refractivity contribution in [2.75, 3.05) is 12.3 Å². The first-order valence-electron chi connectivity index (χ1n) is 5.89. The molecule has 5 nitrogen and oxygen atoms in total. The Morgan fingerprint density at radius 3 is 2.83 bits per heavy atom. The normalized spacial score (nSPS) is 11.2. The first kappa shape index (κ1) is 10.8. The number of para-hydroxylation sites is 1. The minimum atomic E-state index is 0.435. The highest BCUT2D eigenvalue weighted by molar-refractivity contribution is 6.06. The maximum absolute atomic E-state index is 5.96. The van der Waals surface area contributed by atoms with E-state index in [0.29, 0.717) is 17.9 Å². The van der Waals surface area contributed by atoms with Gasteiger partial charge in [-0.2, -0.15) is 4.73 Å². The van der Waals surface area contributed by atoms with E-state index in [4.69, 9.17) is 10.6 Å². The minimum Gasteiger partial charge on any atom is -0.412 e. The third kappa shape index (κ3) is 1.40. The summed E-state index contributed by atoms with van der Waals surface area (Å²) in [6.07, 6.45) is 0. The number of fused-ring (bicyclic) bond motifs is 3. The molecule has 0 radical (unpaired) electrons. The number of aromatic nitrogens is 3. The van der Waals surface area contributed by atoms with Crippen molar-refractivity contribution < 1.29 is 4.84 Å². The Balaban J connectivity index is 2.51. The van der Waals surface area contributed by atoms with Gasteiger partial charge in [-0.05, 0) is 19.9 Å². The van der Waals surface area contributed by atoms with Gasteiger partial charge in [-0.1, -0.05) is 18.2 Å². The molecule has 0 bridgehead atoms. The second kappa shape index (κ2) is 3.87. The van der Waals surface area contributed by atoms with Crippen LogP contribution in [0.5, 0.6) is 0 Å². The zero-order valence-corrected chi connectivity index (χ0v) is 10.3. The molecule has 5 heteroatoms. The summed E-state index contributed by atoms with van der Waals surface area (Å²) in [4.78, 5) is 14.4. The lowest BCUT2D eigenvalue weighted by Crippen LogP contribution is -2.12. The summed E-state index contributed by atoms with van der Waals surface area (Å²) in [6, 6.07) is 7.84. The molecule has 0 saturated heterocycles. The van der Waals surface area contributed by atoms with E-state index in [2.05, 4.69) is 9.97 Å². The number of pyridine rings is 1. The molecule has 3 aromatic rings. The van der Waals surface area contributed by atoms with Crippen LogP contribution in [0, 0.1) is 6.92 Å². The number of nitrogens with two attached hydrogens (primary N) is 1. The molecule has 0 aliphatic rings. The molecule has 0 unspecified atom stereocenters. The Morgan fingerprint density at radius 1 is 1.28 bits per heavy atom. The first-order valence-corrected chi connectivity index (χ1v) is 5.89. The summed E-state index contributed by atoms with van der Waals surface area (Å²) in [5, 5.41) is 0.996. The van der Waals surface area contributed by atoms with Gasteiger partial charge in [-0.25, -0.2) is 9.97 Å². The Kier molecular flexibility index (Phi) is 2.33. The van der Waals surface area contributed by atoms with Crippen molar-refractivity contribution >= 4 is 27.8 Å². The Labute approximate surface area is 104 Å². The lowest BCUT2D eigenvalue weighted by atomic mass is 10.2. The second-order valence-corrected chi connectivity index (χ2v) is 4.08. The van der Waals surface area contributed by atoms with E-state index in [1.807, 2.05) is 38.1 Å². The third-order valence-electron chi connectivity index (χ3n) is 2.90. The summed E-state index contributed by atoms with van der Waals surface area (Å²) in [5.74, 6) is 1.21. The van der Waals surface area contributed by atoms with Crippen LogP contribution in [0.2, 0.25) is 0 Å². The summed E-state index contributed by atoms with van der Waals surface area (Å²) in [7, 11) is 0. The van der Waals surface area contributed by atoms with E-state index in [-0.39, 0.29) is 0 Å². The van der Waals surface area contributed by atoms with E-state index in [1.165, 1.54) is 0 Å². The van der Waals surface area contributed by atoms with E-state index < -0.39 is 0 Å². The van der Waals surface area contributed by atoms with Crippen LogP contribution in [-0.4, -0.2) is 21.3 Å². The number of hydrogen-bond acceptors (Lipinski definition) is 4. The lowest BCUT2D eigenvalue weighted by molar-refractivity contribution is 0.126. The summed E-state index contributed by atoms with van der Waals surface area (Å²) < 4.78 is 1.73. The maximum Gasteiger partial charge on any atom is 0.152 e. The minimum absolute atomic E-state index is 0.435. The molecule has 0 amide bonds. The highest BCUT2D eigenvalue weighted by Crippen LogP contribution is 2.27.